The normalized spacial score (nSPS) is 13.5. The van der Waals surface area contributed by atoms with Crippen molar-refractivity contribution in [3.8, 4) is 11.1 Å². The molecule has 4 heteroatoms. The van der Waals surface area contributed by atoms with Gasteiger partial charge in [0.25, 0.3) is 0 Å². The first-order chi connectivity index (χ1) is 35.5. The fraction of sp³-hybridized carbons (Fsp3) is 0.130. The summed E-state index contributed by atoms with van der Waals surface area (Å²) < 4.78 is 13.6. The molecule has 0 N–H and O–H groups in total. The summed E-state index contributed by atoms with van der Waals surface area (Å²) >= 11 is 0. The maximum Gasteiger partial charge on any atom is 0.159 e. The van der Waals surface area contributed by atoms with Crippen LogP contribution in [0, 0.1) is 10.8 Å². The minimum Gasteiger partial charge on any atom is -0.454 e. The Kier molecular flexibility index (Phi) is 9.29. The van der Waals surface area contributed by atoms with Crippen LogP contribution in [0.25, 0.3) is 87.3 Å². The van der Waals surface area contributed by atoms with Crippen molar-refractivity contribution in [1.82, 2.24) is 0 Å². The van der Waals surface area contributed by atoms with Crippen LogP contribution in [0.3, 0.4) is 0 Å². The van der Waals surface area contributed by atoms with E-state index in [0.717, 1.165) is 78.0 Å². The van der Waals surface area contributed by atoms with Gasteiger partial charge in [-0.05, 0) is 127 Å². The van der Waals surface area contributed by atoms with Crippen molar-refractivity contribution in [2.75, 3.05) is 9.80 Å². The molecule has 4 nitrogen and oxygen atoms in total. The van der Waals surface area contributed by atoms with Crippen LogP contribution in [0.5, 0.6) is 0 Å². The summed E-state index contributed by atoms with van der Waals surface area (Å²) in [5, 5.41) is 11.8. The third kappa shape index (κ3) is 6.07. The molecule has 0 radical (unpaired) electrons. The standard InChI is InChI=1S/C69H54N2O2/c1-67(2,3)69(68(4,5)6)56-42-59(71(44-25-11-8-12-26-44)58-36-22-34-54-49-30-18-20-38-61(49)73-66(54)58)47-28-14-16-32-51(47)62(56)63-50-31-15-13-27-46(50)55-41-45(39-40-52(55)64(63)69)70(43-23-9-7-10-24-43)57-35-21-33-53-48-29-17-19-37-60(48)72-65(53)57/h7-42H,1-6H3. The van der Waals surface area contributed by atoms with E-state index in [0.29, 0.717) is 0 Å². The minimum atomic E-state index is -0.500. The topological polar surface area (TPSA) is 32.8 Å². The van der Waals surface area contributed by atoms with E-state index < -0.39 is 5.41 Å². The number of nitrogens with zero attached hydrogens (tertiary/aromatic N) is 2. The molecule has 352 valence electrons. The summed E-state index contributed by atoms with van der Waals surface area (Å²) in [5.41, 5.74) is 14.1. The molecule has 13 aromatic rings. The molecule has 73 heavy (non-hydrogen) atoms. The van der Waals surface area contributed by atoms with Crippen LogP contribution in [0.2, 0.25) is 0 Å². The van der Waals surface area contributed by atoms with Crippen LogP contribution in [0.4, 0.5) is 34.1 Å². The molecular weight excluding hydrogens is 889 g/mol. The first kappa shape index (κ1) is 43.2. The van der Waals surface area contributed by atoms with E-state index >= 15 is 0 Å². The second-order valence-corrected chi connectivity index (χ2v) is 22.0. The lowest BCUT2D eigenvalue weighted by Gasteiger charge is -2.53. The molecular formula is C69H54N2O2. The van der Waals surface area contributed by atoms with E-state index in [-0.39, 0.29) is 10.8 Å². The third-order valence-electron chi connectivity index (χ3n) is 16.1. The van der Waals surface area contributed by atoms with Crippen molar-refractivity contribution in [3.05, 3.63) is 230 Å². The number of benzene rings is 11. The number of hydrogen-bond donors (Lipinski definition) is 0. The molecule has 0 unspecified atom stereocenters. The molecule has 0 aliphatic heterocycles. The fourth-order valence-electron chi connectivity index (χ4n) is 13.7. The van der Waals surface area contributed by atoms with Gasteiger partial charge in [-0.15, -0.1) is 0 Å². The highest BCUT2D eigenvalue weighted by molar-refractivity contribution is 6.24. The monoisotopic (exact) mass is 942 g/mol. The van der Waals surface area contributed by atoms with Crippen LogP contribution in [0.1, 0.15) is 52.7 Å². The second kappa shape index (κ2) is 15.7. The molecule has 0 saturated heterocycles. The van der Waals surface area contributed by atoms with Crippen LogP contribution < -0.4 is 9.80 Å². The van der Waals surface area contributed by atoms with Gasteiger partial charge in [0.15, 0.2) is 11.2 Å². The van der Waals surface area contributed by atoms with Gasteiger partial charge in [-0.2, -0.15) is 0 Å². The smallest absolute Gasteiger partial charge is 0.159 e. The van der Waals surface area contributed by atoms with Gasteiger partial charge in [-0.25, -0.2) is 0 Å². The zero-order chi connectivity index (χ0) is 49.4. The van der Waals surface area contributed by atoms with E-state index in [9.17, 15) is 0 Å². The lowest BCUT2D eigenvalue weighted by atomic mass is 9.49. The maximum absolute atomic E-state index is 6.88. The Balaban J connectivity index is 1.09. The Labute approximate surface area is 425 Å². The highest BCUT2D eigenvalue weighted by atomic mass is 16.3. The molecule has 14 rings (SSSR count). The molecule has 0 atom stereocenters. The summed E-state index contributed by atoms with van der Waals surface area (Å²) in [5.74, 6) is 0. The van der Waals surface area contributed by atoms with E-state index in [1.165, 1.54) is 54.6 Å². The number of fused-ring (bicyclic) bond motifs is 16. The average Bonchev–Trinajstić information content (AvgIpc) is 4.10. The number of para-hydroxylation sites is 6. The Bertz CT molecular complexity index is 4340. The van der Waals surface area contributed by atoms with Crippen molar-refractivity contribution in [3.63, 3.8) is 0 Å². The first-order valence-electron chi connectivity index (χ1n) is 25.6. The Morgan fingerprint density at radius 3 is 1.33 bits per heavy atom. The zero-order valence-electron chi connectivity index (χ0n) is 42.0. The summed E-state index contributed by atoms with van der Waals surface area (Å²) in [7, 11) is 0. The SMILES string of the molecule is CC(C)(C)C1(C(C)(C)C)c2cc(N(c3ccccc3)c3cccc4c3oc3ccccc34)c3ccccc3c2-c2c1c1ccc(N(c3ccccc3)c3cccc4c3oc3ccccc34)cc1c1ccccc21. The molecule has 1 aliphatic rings. The van der Waals surface area contributed by atoms with Crippen molar-refractivity contribution in [2.24, 2.45) is 10.8 Å². The van der Waals surface area contributed by atoms with Gasteiger partial charge in [0, 0.05) is 49.4 Å². The van der Waals surface area contributed by atoms with Crippen LogP contribution >= 0.6 is 0 Å². The van der Waals surface area contributed by atoms with Crippen LogP contribution in [-0.4, -0.2) is 0 Å². The van der Waals surface area contributed by atoms with Gasteiger partial charge in [0.05, 0.1) is 17.1 Å². The molecule has 0 spiro atoms. The number of hydrogen-bond acceptors (Lipinski definition) is 4. The van der Waals surface area contributed by atoms with E-state index in [1.54, 1.807) is 0 Å². The van der Waals surface area contributed by atoms with E-state index in [2.05, 4.69) is 264 Å². The minimum absolute atomic E-state index is 0.275. The van der Waals surface area contributed by atoms with Gasteiger partial charge in [-0.1, -0.05) is 193 Å². The molecule has 11 aromatic carbocycles. The van der Waals surface area contributed by atoms with E-state index in [1.807, 2.05) is 6.07 Å². The molecule has 0 bridgehead atoms. The predicted molar refractivity (Wildman–Crippen MR) is 308 cm³/mol. The quantitative estimate of drug-likeness (QED) is 0.156. The van der Waals surface area contributed by atoms with Crippen molar-refractivity contribution >= 4 is 110 Å². The summed E-state index contributed by atoms with van der Waals surface area (Å²) in [6, 6.07) is 79.5. The molecule has 2 heterocycles. The maximum atomic E-state index is 6.88. The molecule has 0 amide bonds. The van der Waals surface area contributed by atoms with Crippen LogP contribution in [-0.2, 0) is 5.41 Å². The molecule has 0 saturated carbocycles. The highest BCUT2D eigenvalue weighted by Gasteiger charge is 2.59. The van der Waals surface area contributed by atoms with Gasteiger partial charge >= 0.3 is 0 Å². The Morgan fingerprint density at radius 1 is 0.315 bits per heavy atom. The van der Waals surface area contributed by atoms with Gasteiger partial charge in [0.1, 0.15) is 11.2 Å². The van der Waals surface area contributed by atoms with Crippen molar-refractivity contribution < 1.29 is 8.83 Å². The largest absolute Gasteiger partial charge is 0.454 e. The summed E-state index contributed by atoms with van der Waals surface area (Å²) in [6.07, 6.45) is 0. The van der Waals surface area contributed by atoms with Gasteiger partial charge < -0.3 is 18.6 Å². The highest BCUT2D eigenvalue weighted by Crippen LogP contribution is 2.69. The Morgan fingerprint density at radius 2 is 0.767 bits per heavy atom. The second-order valence-electron chi connectivity index (χ2n) is 22.0. The van der Waals surface area contributed by atoms with Crippen LogP contribution in [0.15, 0.2) is 227 Å². The molecule has 0 fully saturated rings. The fourth-order valence-corrected chi connectivity index (χ4v) is 13.7. The van der Waals surface area contributed by atoms with Crippen molar-refractivity contribution in [2.45, 2.75) is 47.0 Å². The van der Waals surface area contributed by atoms with E-state index in [4.69, 9.17) is 8.83 Å². The third-order valence-corrected chi connectivity index (χ3v) is 16.1. The number of furan rings is 2. The lowest BCUT2D eigenvalue weighted by molar-refractivity contribution is 0.0965. The zero-order valence-corrected chi connectivity index (χ0v) is 42.0. The first-order valence-corrected chi connectivity index (χ1v) is 25.6. The molecule has 2 aromatic heterocycles. The predicted octanol–water partition coefficient (Wildman–Crippen LogP) is 20.2. The van der Waals surface area contributed by atoms with Crippen molar-refractivity contribution in [1.29, 1.82) is 0 Å². The Hall–Kier alpha value is -8.60. The summed E-state index contributed by atoms with van der Waals surface area (Å²) in [4.78, 5) is 4.83. The van der Waals surface area contributed by atoms with Gasteiger partial charge in [-0.3, -0.25) is 0 Å². The average molecular weight is 943 g/mol. The van der Waals surface area contributed by atoms with Gasteiger partial charge in [0.2, 0.25) is 0 Å². The number of anilines is 6. The lowest BCUT2D eigenvalue weighted by Crippen LogP contribution is -2.50. The summed E-state index contributed by atoms with van der Waals surface area (Å²) in [6.45, 7) is 14.8. The molecule has 1 aliphatic carbocycles. The number of rotatable bonds is 6.